The Morgan fingerprint density at radius 1 is 1.31 bits per heavy atom. The lowest BCUT2D eigenvalue weighted by Gasteiger charge is -2.04. The molecule has 0 heterocycles. The summed E-state index contributed by atoms with van der Waals surface area (Å²) in [6.45, 7) is 1.88. The maximum Gasteiger partial charge on any atom is 0.263 e. The predicted molar refractivity (Wildman–Crippen MR) is 45.4 cm³/mol. The van der Waals surface area contributed by atoms with E-state index >= 15 is 0 Å². The molecule has 0 nitrogen and oxygen atoms in total. The van der Waals surface area contributed by atoms with Gasteiger partial charge in [-0.15, -0.1) is 0 Å². The molecule has 0 saturated heterocycles. The van der Waals surface area contributed by atoms with Crippen LogP contribution in [0, 0.1) is 5.82 Å². The van der Waals surface area contributed by atoms with E-state index in [-0.39, 0.29) is 5.56 Å². The van der Waals surface area contributed by atoms with Crippen molar-refractivity contribution >= 4 is 0 Å². The van der Waals surface area contributed by atoms with Crippen LogP contribution in [-0.4, -0.2) is 0 Å². The van der Waals surface area contributed by atoms with Crippen LogP contribution in [0.15, 0.2) is 18.2 Å². The average molecular weight is 188 g/mol. The fourth-order valence-electron chi connectivity index (χ4n) is 1.19. The minimum absolute atomic E-state index is 0.107. The first-order valence-electron chi connectivity index (χ1n) is 4.21. The number of benzene rings is 1. The highest BCUT2D eigenvalue weighted by Gasteiger charge is 2.09. The lowest BCUT2D eigenvalue weighted by Crippen LogP contribution is -1.93. The molecule has 0 spiro atoms. The van der Waals surface area contributed by atoms with E-state index in [0.29, 0.717) is 12.0 Å². The van der Waals surface area contributed by atoms with E-state index in [1.54, 1.807) is 0 Å². The molecule has 72 valence electrons. The molecule has 13 heavy (non-hydrogen) atoms. The second-order valence-corrected chi connectivity index (χ2v) is 2.90. The molecule has 0 saturated carbocycles. The minimum atomic E-state index is -2.52. The van der Waals surface area contributed by atoms with Gasteiger partial charge in [-0.25, -0.2) is 13.2 Å². The maximum atomic E-state index is 13.0. The minimum Gasteiger partial charge on any atom is -0.207 e. The normalized spacial score (nSPS) is 10.8. The molecular formula is C10H11F3. The van der Waals surface area contributed by atoms with E-state index < -0.39 is 12.2 Å². The van der Waals surface area contributed by atoms with Crippen LogP contribution in [0.1, 0.15) is 30.9 Å². The van der Waals surface area contributed by atoms with Gasteiger partial charge in [-0.05, 0) is 24.1 Å². The first kappa shape index (κ1) is 10.1. The molecule has 0 aliphatic rings. The van der Waals surface area contributed by atoms with Gasteiger partial charge in [-0.1, -0.05) is 19.4 Å². The van der Waals surface area contributed by atoms with Gasteiger partial charge in [0.25, 0.3) is 6.43 Å². The van der Waals surface area contributed by atoms with Crippen molar-refractivity contribution in [3.8, 4) is 0 Å². The summed E-state index contributed by atoms with van der Waals surface area (Å²) < 4.78 is 37.4. The third kappa shape index (κ3) is 2.47. The molecule has 0 fully saturated rings. The van der Waals surface area contributed by atoms with Gasteiger partial charge >= 0.3 is 0 Å². The van der Waals surface area contributed by atoms with E-state index in [1.807, 2.05) is 6.92 Å². The Balaban J connectivity index is 2.97. The van der Waals surface area contributed by atoms with Crippen LogP contribution in [0.25, 0.3) is 0 Å². The molecule has 0 bridgehead atoms. The van der Waals surface area contributed by atoms with Crippen LogP contribution in [0.3, 0.4) is 0 Å². The molecule has 1 aromatic carbocycles. The molecule has 0 atom stereocenters. The maximum absolute atomic E-state index is 13.0. The average Bonchev–Trinajstić information content (AvgIpc) is 2.08. The van der Waals surface area contributed by atoms with E-state index in [0.717, 1.165) is 18.6 Å². The number of rotatable bonds is 3. The fraction of sp³-hybridized carbons (Fsp3) is 0.400. The van der Waals surface area contributed by atoms with Gasteiger partial charge in [-0.3, -0.25) is 0 Å². The van der Waals surface area contributed by atoms with Crippen LogP contribution in [0.2, 0.25) is 0 Å². The van der Waals surface area contributed by atoms with Crippen molar-refractivity contribution in [2.24, 2.45) is 0 Å². The van der Waals surface area contributed by atoms with Crippen LogP contribution in [0.5, 0.6) is 0 Å². The quantitative estimate of drug-likeness (QED) is 0.678. The van der Waals surface area contributed by atoms with E-state index in [1.165, 1.54) is 6.07 Å². The predicted octanol–water partition coefficient (Wildman–Crippen LogP) is 3.72. The van der Waals surface area contributed by atoms with Gasteiger partial charge in [0, 0.05) is 5.56 Å². The third-order valence-electron chi connectivity index (χ3n) is 1.84. The van der Waals surface area contributed by atoms with Gasteiger partial charge in [0.2, 0.25) is 0 Å². The molecule has 3 heteroatoms. The highest BCUT2D eigenvalue weighted by molar-refractivity contribution is 5.25. The summed E-state index contributed by atoms with van der Waals surface area (Å²) in [5.41, 5.74) is 0.269. The molecule has 0 radical (unpaired) electrons. The van der Waals surface area contributed by atoms with E-state index in [9.17, 15) is 13.2 Å². The zero-order valence-electron chi connectivity index (χ0n) is 7.36. The topological polar surface area (TPSA) is 0 Å². The number of hydrogen-bond donors (Lipinski definition) is 0. The molecule has 0 aliphatic carbocycles. The van der Waals surface area contributed by atoms with Gasteiger partial charge in [0.1, 0.15) is 5.82 Å². The summed E-state index contributed by atoms with van der Waals surface area (Å²) in [6, 6.07) is 3.47. The Hall–Kier alpha value is -0.990. The smallest absolute Gasteiger partial charge is 0.207 e. The van der Waals surface area contributed by atoms with Crippen LogP contribution in [0.4, 0.5) is 13.2 Å². The van der Waals surface area contributed by atoms with Gasteiger partial charge in [0.15, 0.2) is 0 Å². The Morgan fingerprint density at radius 2 is 2.00 bits per heavy atom. The number of alkyl halides is 2. The SMILES string of the molecule is CCCc1cc(C(F)F)ccc1F. The van der Waals surface area contributed by atoms with Crippen molar-refractivity contribution in [2.75, 3.05) is 0 Å². The highest BCUT2D eigenvalue weighted by atomic mass is 19.3. The standard InChI is InChI=1S/C10H11F3/c1-2-3-7-6-8(10(12)13)4-5-9(7)11/h4-6,10H,2-3H2,1H3. The summed E-state index contributed by atoms with van der Waals surface area (Å²) >= 11 is 0. The van der Waals surface area contributed by atoms with Crippen molar-refractivity contribution in [2.45, 2.75) is 26.2 Å². The van der Waals surface area contributed by atoms with Crippen LogP contribution < -0.4 is 0 Å². The van der Waals surface area contributed by atoms with Gasteiger partial charge < -0.3 is 0 Å². The largest absolute Gasteiger partial charge is 0.263 e. The van der Waals surface area contributed by atoms with Crippen LogP contribution in [-0.2, 0) is 6.42 Å². The monoisotopic (exact) mass is 188 g/mol. The zero-order chi connectivity index (χ0) is 9.84. The van der Waals surface area contributed by atoms with E-state index in [2.05, 4.69) is 0 Å². The second kappa shape index (κ2) is 4.30. The Kier molecular flexibility index (Phi) is 3.34. The first-order valence-corrected chi connectivity index (χ1v) is 4.21. The molecule has 1 rings (SSSR count). The Labute approximate surface area is 75.4 Å². The summed E-state index contributed by atoms with van der Waals surface area (Å²) in [5, 5.41) is 0. The van der Waals surface area contributed by atoms with Crippen molar-refractivity contribution in [3.63, 3.8) is 0 Å². The van der Waals surface area contributed by atoms with Gasteiger partial charge in [0.05, 0.1) is 0 Å². The summed E-state index contributed by atoms with van der Waals surface area (Å²) in [4.78, 5) is 0. The van der Waals surface area contributed by atoms with Gasteiger partial charge in [-0.2, -0.15) is 0 Å². The second-order valence-electron chi connectivity index (χ2n) is 2.90. The highest BCUT2D eigenvalue weighted by Crippen LogP contribution is 2.21. The number of aryl methyl sites for hydroxylation is 1. The van der Waals surface area contributed by atoms with Crippen molar-refractivity contribution in [1.82, 2.24) is 0 Å². The number of hydrogen-bond acceptors (Lipinski definition) is 0. The fourth-order valence-corrected chi connectivity index (χ4v) is 1.19. The molecule has 1 aromatic rings. The summed E-state index contributed by atoms with van der Waals surface area (Å²) in [6.07, 6.45) is -1.26. The summed E-state index contributed by atoms with van der Waals surface area (Å²) in [5.74, 6) is -0.397. The molecule has 0 aromatic heterocycles. The third-order valence-corrected chi connectivity index (χ3v) is 1.84. The zero-order valence-corrected chi connectivity index (χ0v) is 7.36. The molecule has 0 aliphatic heterocycles. The first-order chi connectivity index (χ1) is 6.15. The number of halogens is 3. The summed E-state index contributed by atoms with van der Waals surface area (Å²) in [7, 11) is 0. The molecular weight excluding hydrogens is 177 g/mol. The van der Waals surface area contributed by atoms with Crippen molar-refractivity contribution in [1.29, 1.82) is 0 Å². The van der Waals surface area contributed by atoms with Crippen molar-refractivity contribution in [3.05, 3.63) is 35.1 Å². The lowest BCUT2D eigenvalue weighted by atomic mass is 10.1. The van der Waals surface area contributed by atoms with Crippen LogP contribution >= 0.6 is 0 Å². The van der Waals surface area contributed by atoms with Crippen molar-refractivity contribution < 1.29 is 13.2 Å². The Bertz CT molecular complexity index is 281. The Morgan fingerprint density at radius 3 is 2.54 bits per heavy atom. The molecule has 0 unspecified atom stereocenters. The van der Waals surface area contributed by atoms with E-state index in [4.69, 9.17) is 0 Å². The molecule has 0 N–H and O–H groups in total. The lowest BCUT2D eigenvalue weighted by molar-refractivity contribution is 0.151. The molecule has 0 amide bonds.